The van der Waals surface area contributed by atoms with E-state index in [0.29, 0.717) is 26.0 Å². The van der Waals surface area contributed by atoms with Crippen molar-refractivity contribution in [3.63, 3.8) is 0 Å². The normalized spacial score (nSPS) is 22.2. The van der Waals surface area contributed by atoms with Gasteiger partial charge in [0.05, 0.1) is 6.04 Å². The number of hydrogen-bond donors (Lipinski definition) is 2. The van der Waals surface area contributed by atoms with Crippen molar-refractivity contribution in [2.45, 2.75) is 37.8 Å². The number of carboxylic acid groups (broad SMARTS) is 1. The molecule has 1 amide bonds. The molecule has 0 aromatic heterocycles. The van der Waals surface area contributed by atoms with E-state index in [-0.39, 0.29) is 5.91 Å². The van der Waals surface area contributed by atoms with Gasteiger partial charge >= 0.3 is 5.97 Å². The molecule has 1 aliphatic rings. The summed E-state index contributed by atoms with van der Waals surface area (Å²) in [6.45, 7) is 0.884. The standard InChI is InChI=1S/C11H20N2O4/c1-17-7-5-8(12)10(14)13-6-3-2-4-9(13)11(15)16/h8-9H,2-7,12H2,1H3,(H,15,16)/t8?,9-/m0/s1. The number of nitrogens with two attached hydrogens (primary N) is 1. The molecule has 0 bridgehead atoms. The molecule has 6 heteroatoms. The highest BCUT2D eigenvalue weighted by atomic mass is 16.5. The van der Waals surface area contributed by atoms with E-state index in [1.54, 1.807) is 0 Å². The molecule has 0 spiro atoms. The maximum atomic E-state index is 12.0. The van der Waals surface area contributed by atoms with Gasteiger partial charge in [-0.25, -0.2) is 4.79 Å². The number of rotatable bonds is 5. The third kappa shape index (κ3) is 3.67. The minimum atomic E-state index is -0.947. The summed E-state index contributed by atoms with van der Waals surface area (Å²) in [5.74, 6) is -1.23. The van der Waals surface area contributed by atoms with Crippen LogP contribution in [-0.4, -0.2) is 54.2 Å². The number of ether oxygens (including phenoxy) is 1. The molecule has 1 rings (SSSR count). The SMILES string of the molecule is COCCC(N)C(=O)N1CCCC[C@H]1C(=O)O. The van der Waals surface area contributed by atoms with Crippen molar-refractivity contribution in [3.05, 3.63) is 0 Å². The van der Waals surface area contributed by atoms with Crippen LogP contribution in [0.15, 0.2) is 0 Å². The van der Waals surface area contributed by atoms with Gasteiger partial charge in [0.25, 0.3) is 0 Å². The van der Waals surface area contributed by atoms with Crippen LogP contribution in [0.1, 0.15) is 25.7 Å². The van der Waals surface area contributed by atoms with Gasteiger partial charge < -0.3 is 20.5 Å². The van der Waals surface area contributed by atoms with Gasteiger partial charge in [0, 0.05) is 20.3 Å². The van der Waals surface area contributed by atoms with Crippen molar-refractivity contribution in [2.24, 2.45) is 5.73 Å². The van der Waals surface area contributed by atoms with Gasteiger partial charge in [-0.2, -0.15) is 0 Å². The number of aliphatic carboxylic acids is 1. The van der Waals surface area contributed by atoms with Gasteiger partial charge in [-0.05, 0) is 25.7 Å². The number of nitrogens with zero attached hydrogens (tertiary/aromatic N) is 1. The van der Waals surface area contributed by atoms with Gasteiger partial charge in [-0.15, -0.1) is 0 Å². The van der Waals surface area contributed by atoms with Gasteiger partial charge in [0.15, 0.2) is 0 Å². The molecule has 0 aliphatic carbocycles. The lowest BCUT2D eigenvalue weighted by atomic mass is 10.0. The van der Waals surface area contributed by atoms with Gasteiger partial charge in [0.1, 0.15) is 6.04 Å². The summed E-state index contributed by atoms with van der Waals surface area (Å²) in [7, 11) is 1.54. The van der Waals surface area contributed by atoms with E-state index >= 15 is 0 Å². The Morgan fingerprint density at radius 3 is 2.82 bits per heavy atom. The van der Waals surface area contributed by atoms with Crippen molar-refractivity contribution in [3.8, 4) is 0 Å². The zero-order valence-corrected chi connectivity index (χ0v) is 10.1. The number of carbonyl (C=O) groups excluding carboxylic acids is 1. The van der Waals surface area contributed by atoms with Crippen LogP contribution in [0, 0.1) is 0 Å². The predicted molar refractivity (Wildman–Crippen MR) is 61.5 cm³/mol. The third-order valence-electron chi connectivity index (χ3n) is 3.02. The average molecular weight is 244 g/mol. The summed E-state index contributed by atoms with van der Waals surface area (Å²) in [5, 5.41) is 9.06. The van der Waals surface area contributed by atoms with E-state index in [1.165, 1.54) is 12.0 Å². The molecule has 1 unspecified atom stereocenters. The molecule has 1 heterocycles. The van der Waals surface area contributed by atoms with Crippen LogP contribution in [-0.2, 0) is 14.3 Å². The number of likely N-dealkylation sites (tertiary alicyclic amines) is 1. The van der Waals surface area contributed by atoms with Crippen LogP contribution >= 0.6 is 0 Å². The molecule has 0 aromatic carbocycles. The van der Waals surface area contributed by atoms with E-state index in [1.807, 2.05) is 0 Å². The third-order valence-corrected chi connectivity index (χ3v) is 3.02. The fourth-order valence-corrected chi connectivity index (χ4v) is 2.03. The number of carbonyl (C=O) groups is 2. The molecule has 0 radical (unpaired) electrons. The van der Waals surface area contributed by atoms with Crippen molar-refractivity contribution >= 4 is 11.9 Å². The topological polar surface area (TPSA) is 92.9 Å². The first-order chi connectivity index (χ1) is 8.07. The van der Waals surface area contributed by atoms with E-state index in [0.717, 1.165) is 12.8 Å². The van der Waals surface area contributed by atoms with Crippen LogP contribution in [0.5, 0.6) is 0 Å². The molecule has 1 fully saturated rings. The smallest absolute Gasteiger partial charge is 0.326 e. The highest BCUT2D eigenvalue weighted by molar-refractivity contribution is 5.87. The zero-order valence-electron chi connectivity index (χ0n) is 10.1. The lowest BCUT2D eigenvalue weighted by Crippen LogP contribution is -2.53. The molecule has 98 valence electrons. The van der Waals surface area contributed by atoms with Gasteiger partial charge in [0.2, 0.25) is 5.91 Å². The van der Waals surface area contributed by atoms with Crippen LogP contribution in [0.2, 0.25) is 0 Å². The van der Waals surface area contributed by atoms with Crippen LogP contribution in [0.4, 0.5) is 0 Å². The molecule has 6 nitrogen and oxygen atoms in total. The molecular weight excluding hydrogens is 224 g/mol. The highest BCUT2D eigenvalue weighted by Crippen LogP contribution is 2.18. The fraction of sp³-hybridized carbons (Fsp3) is 0.818. The van der Waals surface area contributed by atoms with Crippen molar-refractivity contribution in [1.29, 1.82) is 0 Å². The second-order valence-electron chi connectivity index (χ2n) is 4.27. The summed E-state index contributed by atoms with van der Waals surface area (Å²) >= 11 is 0. The fourth-order valence-electron chi connectivity index (χ4n) is 2.03. The summed E-state index contributed by atoms with van der Waals surface area (Å²) in [4.78, 5) is 24.4. The summed E-state index contributed by atoms with van der Waals surface area (Å²) < 4.78 is 4.86. The lowest BCUT2D eigenvalue weighted by molar-refractivity contribution is -0.152. The largest absolute Gasteiger partial charge is 0.480 e. The van der Waals surface area contributed by atoms with E-state index < -0.39 is 18.1 Å². The maximum absolute atomic E-state index is 12.0. The van der Waals surface area contributed by atoms with Crippen molar-refractivity contribution < 1.29 is 19.4 Å². The maximum Gasteiger partial charge on any atom is 0.326 e. The Labute approximate surface area is 101 Å². The minimum Gasteiger partial charge on any atom is -0.480 e. The summed E-state index contributed by atoms with van der Waals surface area (Å²) in [6.07, 6.45) is 2.61. The molecule has 0 saturated carbocycles. The second-order valence-corrected chi connectivity index (χ2v) is 4.27. The van der Waals surface area contributed by atoms with Crippen LogP contribution in [0.3, 0.4) is 0 Å². The molecular formula is C11H20N2O4. The number of hydrogen-bond acceptors (Lipinski definition) is 4. The Kier molecular flexibility index (Phi) is 5.37. The first-order valence-electron chi connectivity index (χ1n) is 5.85. The van der Waals surface area contributed by atoms with E-state index in [4.69, 9.17) is 15.6 Å². The Morgan fingerprint density at radius 1 is 1.53 bits per heavy atom. The molecule has 2 atom stereocenters. The van der Waals surface area contributed by atoms with E-state index in [2.05, 4.69) is 0 Å². The van der Waals surface area contributed by atoms with E-state index in [9.17, 15) is 9.59 Å². The minimum absolute atomic E-state index is 0.283. The van der Waals surface area contributed by atoms with Crippen molar-refractivity contribution in [1.82, 2.24) is 4.90 Å². The Morgan fingerprint density at radius 2 is 2.24 bits per heavy atom. The number of amides is 1. The second kappa shape index (κ2) is 6.56. The van der Waals surface area contributed by atoms with Gasteiger partial charge in [-0.1, -0.05) is 0 Å². The molecule has 17 heavy (non-hydrogen) atoms. The molecule has 1 aliphatic heterocycles. The van der Waals surface area contributed by atoms with Crippen molar-refractivity contribution in [2.75, 3.05) is 20.3 Å². The Hall–Kier alpha value is -1.14. The summed E-state index contributed by atoms with van der Waals surface area (Å²) in [6, 6.07) is -1.39. The predicted octanol–water partition coefficient (Wildman–Crippen LogP) is -0.184. The summed E-state index contributed by atoms with van der Waals surface area (Å²) in [5.41, 5.74) is 5.73. The first kappa shape index (κ1) is 13.9. The number of piperidine rings is 1. The zero-order chi connectivity index (χ0) is 12.8. The highest BCUT2D eigenvalue weighted by Gasteiger charge is 2.33. The molecule has 0 aromatic rings. The quantitative estimate of drug-likeness (QED) is 0.699. The lowest BCUT2D eigenvalue weighted by Gasteiger charge is -2.34. The van der Waals surface area contributed by atoms with Gasteiger partial charge in [-0.3, -0.25) is 4.79 Å². The number of methoxy groups -OCH3 is 1. The van der Waals surface area contributed by atoms with Crippen LogP contribution in [0.25, 0.3) is 0 Å². The Bertz CT molecular complexity index is 283. The molecule has 3 N–H and O–H groups in total. The Balaban J connectivity index is 2.61. The monoisotopic (exact) mass is 244 g/mol. The molecule has 1 saturated heterocycles. The average Bonchev–Trinajstić information content (AvgIpc) is 2.34. The first-order valence-corrected chi connectivity index (χ1v) is 5.85. The van der Waals surface area contributed by atoms with Crippen LogP contribution < -0.4 is 5.73 Å². The number of carboxylic acids is 1.